The number of nitrogens with one attached hydrogen (secondary N) is 2. The Morgan fingerprint density at radius 1 is 1.00 bits per heavy atom. The van der Waals surface area contributed by atoms with Crippen LogP contribution >= 0.6 is 0 Å². The molecule has 0 bridgehead atoms. The van der Waals surface area contributed by atoms with Gasteiger partial charge in [-0.25, -0.2) is 0 Å². The van der Waals surface area contributed by atoms with E-state index in [1.54, 1.807) is 19.2 Å². The van der Waals surface area contributed by atoms with Crippen molar-refractivity contribution in [3.05, 3.63) is 54.1 Å². The number of ether oxygens (including phenoxy) is 1. The Bertz CT molecular complexity index is 684. The van der Waals surface area contributed by atoms with Crippen LogP contribution in [-0.2, 0) is 4.79 Å². The summed E-state index contributed by atoms with van der Waals surface area (Å²) in [4.78, 5) is 23.0. The van der Waals surface area contributed by atoms with Gasteiger partial charge in [0.15, 0.2) is 0 Å². The molecule has 0 aliphatic heterocycles. The Morgan fingerprint density at radius 2 is 1.70 bits per heavy atom. The number of hydrogen-bond donors (Lipinski definition) is 2. The predicted octanol–water partition coefficient (Wildman–Crippen LogP) is 2.23. The summed E-state index contributed by atoms with van der Waals surface area (Å²) in [5, 5.41) is 5.41. The zero-order valence-corrected chi connectivity index (χ0v) is 13.3. The van der Waals surface area contributed by atoms with Gasteiger partial charge in [-0.3, -0.25) is 9.59 Å². The summed E-state index contributed by atoms with van der Waals surface area (Å²) in [7, 11) is 1.61. The summed E-state index contributed by atoms with van der Waals surface area (Å²) in [5.41, 5.74) is 2.40. The van der Waals surface area contributed by atoms with E-state index in [0.29, 0.717) is 24.4 Å². The number of rotatable bonds is 6. The van der Waals surface area contributed by atoms with Crippen LogP contribution in [0.25, 0.3) is 11.1 Å². The van der Waals surface area contributed by atoms with Crippen molar-refractivity contribution >= 4 is 11.8 Å². The maximum absolute atomic E-state index is 12.2. The van der Waals surface area contributed by atoms with Gasteiger partial charge in [0.25, 0.3) is 5.91 Å². The van der Waals surface area contributed by atoms with E-state index in [2.05, 4.69) is 10.6 Å². The van der Waals surface area contributed by atoms with Crippen molar-refractivity contribution in [3.8, 4) is 16.9 Å². The van der Waals surface area contributed by atoms with Gasteiger partial charge < -0.3 is 15.4 Å². The van der Waals surface area contributed by atoms with E-state index in [9.17, 15) is 9.59 Å². The van der Waals surface area contributed by atoms with Crippen LogP contribution in [0.4, 0.5) is 0 Å². The average molecular weight is 312 g/mol. The van der Waals surface area contributed by atoms with Crippen LogP contribution in [0.15, 0.2) is 48.5 Å². The van der Waals surface area contributed by atoms with Crippen molar-refractivity contribution < 1.29 is 14.3 Å². The van der Waals surface area contributed by atoms with Crippen molar-refractivity contribution in [1.82, 2.24) is 10.6 Å². The number of carbonyl (C=O) groups is 2. The second-order valence-corrected chi connectivity index (χ2v) is 5.02. The molecule has 2 rings (SSSR count). The first kappa shape index (κ1) is 16.5. The topological polar surface area (TPSA) is 67.4 Å². The molecule has 0 radical (unpaired) electrons. The Balaban J connectivity index is 2.14. The van der Waals surface area contributed by atoms with Crippen LogP contribution in [0.2, 0.25) is 0 Å². The molecule has 0 saturated carbocycles. The van der Waals surface area contributed by atoms with Gasteiger partial charge >= 0.3 is 0 Å². The molecule has 0 aliphatic rings. The number of amides is 2. The quantitative estimate of drug-likeness (QED) is 0.804. The first-order valence-electron chi connectivity index (χ1n) is 7.38. The van der Waals surface area contributed by atoms with E-state index >= 15 is 0 Å². The van der Waals surface area contributed by atoms with E-state index in [1.807, 2.05) is 36.4 Å². The minimum atomic E-state index is -0.185. The Morgan fingerprint density at radius 3 is 2.35 bits per heavy atom. The number of carbonyl (C=O) groups excluding carboxylic acids is 2. The summed E-state index contributed by atoms with van der Waals surface area (Å²) in [5.74, 6) is 0.413. The van der Waals surface area contributed by atoms with Crippen LogP contribution in [0.3, 0.4) is 0 Å². The number of methoxy groups -OCH3 is 1. The molecule has 5 nitrogen and oxygen atoms in total. The first-order valence-corrected chi connectivity index (χ1v) is 7.38. The van der Waals surface area contributed by atoms with Crippen molar-refractivity contribution in [2.24, 2.45) is 0 Å². The SMILES string of the molecule is COc1ccc(C(=O)NCCNC(C)=O)cc1-c1ccccc1. The minimum Gasteiger partial charge on any atom is -0.496 e. The van der Waals surface area contributed by atoms with Crippen LogP contribution < -0.4 is 15.4 Å². The van der Waals surface area contributed by atoms with Gasteiger partial charge in [-0.1, -0.05) is 30.3 Å². The molecular formula is C18H20N2O3. The second-order valence-electron chi connectivity index (χ2n) is 5.02. The zero-order chi connectivity index (χ0) is 16.7. The third kappa shape index (κ3) is 4.57. The molecule has 0 saturated heterocycles. The molecule has 2 N–H and O–H groups in total. The molecule has 0 atom stereocenters. The normalized spacial score (nSPS) is 10.0. The van der Waals surface area contributed by atoms with Crippen molar-refractivity contribution in [1.29, 1.82) is 0 Å². The van der Waals surface area contributed by atoms with Crippen LogP contribution in [0, 0.1) is 0 Å². The Hall–Kier alpha value is -2.82. The smallest absolute Gasteiger partial charge is 0.251 e. The summed E-state index contributed by atoms with van der Waals surface area (Å²) < 4.78 is 5.38. The summed E-state index contributed by atoms with van der Waals surface area (Å²) in [6, 6.07) is 15.1. The van der Waals surface area contributed by atoms with Gasteiger partial charge in [0.2, 0.25) is 5.91 Å². The Labute approximate surface area is 135 Å². The van der Waals surface area contributed by atoms with Gasteiger partial charge in [-0.15, -0.1) is 0 Å². The summed E-state index contributed by atoms with van der Waals surface area (Å²) >= 11 is 0. The lowest BCUT2D eigenvalue weighted by atomic mass is 10.0. The largest absolute Gasteiger partial charge is 0.496 e. The highest BCUT2D eigenvalue weighted by Gasteiger charge is 2.11. The zero-order valence-electron chi connectivity index (χ0n) is 13.3. The lowest BCUT2D eigenvalue weighted by molar-refractivity contribution is -0.118. The summed E-state index contributed by atoms with van der Waals surface area (Å²) in [6.45, 7) is 2.23. The van der Waals surface area contributed by atoms with Gasteiger partial charge in [0.05, 0.1) is 7.11 Å². The lowest BCUT2D eigenvalue weighted by Crippen LogP contribution is -2.33. The molecule has 2 aromatic carbocycles. The number of benzene rings is 2. The fraction of sp³-hybridized carbons (Fsp3) is 0.222. The molecular weight excluding hydrogens is 292 g/mol. The highest BCUT2D eigenvalue weighted by molar-refractivity contribution is 5.96. The molecule has 0 aromatic heterocycles. The van der Waals surface area contributed by atoms with Gasteiger partial charge in [0.1, 0.15) is 5.75 Å². The molecule has 0 fully saturated rings. The molecule has 0 spiro atoms. The van der Waals surface area contributed by atoms with E-state index in [-0.39, 0.29) is 11.8 Å². The lowest BCUT2D eigenvalue weighted by Gasteiger charge is -2.11. The van der Waals surface area contributed by atoms with E-state index < -0.39 is 0 Å². The van der Waals surface area contributed by atoms with Crippen LogP contribution in [0.1, 0.15) is 17.3 Å². The number of hydrogen-bond acceptors (Lipinski definition) is 3. The van der Waals surface area contributed by atoms with Gasteiger partial charge in [-0.2, -0.15) is 0 Å². The average Bonchev–Trinajstić information content (AvgIpc) is 2.58. The highest BCUT2D eigenvalue weighted by Crippen LogP contribution is 2.30. The third-order valence-electron chi connectivity index (χ3n) is 3.33. The molecule has 2 aromatic rings. The summed E-state index contributed by atoms with van der Waals surface area (Å²) in [6.07, 6.45) is 0. The van der Waals surface area contributed by atoms with E-state index in [4.69, 9.17) is 4.74 Å². The molecule has 0 aliphatic carbocycles. The van der Waals surface area contributed by atoms with E-state index in [0.717, 1.165) is 11.1 Å². The maximum atomic E-state index is 12.2. The van der Waals surface area contributed by atoms with Crippen molar-refractivity contribution in [2.45, 2.75) is 6.92 Å². The molecule has 0 unspecified atom stereocenters. The molecule has 5 heteroatoms. The van der Waals surface area contributed by atoms with E-state index in [1.165, 1.54) is 6.92 Å². The molecule has 23 heavy (non-hydrogen) atoms. The van der Waals surface area contributed by atoms with Crippen LogP contribution in [-0.4, -0.2) is 32.0 Å². The van der Waals surface area contributed by atoms with Crippen molar-refractivity contribution in [2.75, 3.05) is 20.2 Å². The fourth-order valence-corrected chi connectivity index (χ4v) is 2.21. The molecule has 2 amide bonds. The van der Waals surface area contributed by atoms with Gasteiger partial charge in [-0.05, 0) is 23.8 Å². The van der Waals surface area contributed by atoms with Crippen molar-refractivity contribution in [3.63, 3.8) is 0 Å². The third-order valence-corrected chi connectivity index (χ3v) is 3.33. The minimum absolute atomic E-state index is 0.116. The maximum Gasteiger partial charge on any atom is 0.251 e. The fourth-order valence-electron chi connectivity index (χ4n) is 2.21. The predicted molar refractivity (Wildman–Crippen MR) is 89.4 cm³/mol. The monoisotopic (exact) mass is 312 g/mol. The standard InChI is InChI=1S/C18H20N2O3/c1-13(21)19-10-11-20-18(22)15-8-9-17(23-2)16(12-15)14-6-4-3-5-7-14/h3-9,12H,10-11H2,1-2H3,(H,19,21)(H,20,22). The van der Waals surface area contributed by atoms with Gasteiger partial charge in [0, 0.05) is 31.1 Å². The molecule has 120 valence electrons. The molecule has 0 heterocycles. The Kier molecular flexibility index (Phi) is 5.74. The van der Waals surface area contributed by atoms with Crippen LogP contribution in [0.5, 0.6) is 5.75 Å². The highest BCUT2D eigenvalue weighted by atomic mass is 16.5. The second kappa shape index (κ2) is 7.98. The first-order chi connectivity index (χ1) is 11.1.